The first-order valence-corrected chi connectivity index (χ1v) is 8.95. The number of carbonyl (C=O) groups excluding carboxylic acids is 1. The highest BCUT2D eigenvalue weighted by molar-refractivity contribution is 5.92. The molecule has 0 saturated carbocycles. The van der Waals surface area contributed by atoms with Gasteiger partial charge in [-0.1, -0.05) is 0 Å². The lowest BCUT2D eigenvalue weighted by molar-refractivity contribution is -0.276. The maximum Gasteiger partial charge on any atom is 0.574 e. The van der Waals surface area contributed by atoms with Crippen LogP contribution in [0, 0.1) is 0 Å². The van der Waals surface area contributed by atoms with E-state index in [2.05, 4.69) is 24.9 Å². The molecule has 3 aromatic heterocycles. The number of halogens is 3. The minimum Gasteiger partial charge on any atom is -0.482 e. The fourth-order valence-electron chi connectivity index (χ4n) is 3.11. The second kappa shape index (κ2) is 8.05. The number of amides is 1. The largest absolute Gasteiger partial charge is 0.574 e. The van der Waals surface area contributed by atoms with Crippen LogP contribution in [0.3, 0.4) is 0 Å². The number of hydrogen-bond donors (Lipinski definition) is 1. The lowest BCUT2D eigenvalue weighted by Gasteiger charge is -2.14. The first-order chi connectivity index (χ1) is 14.4. The summed E-state index contributed by atoms with van der Waals surface area (Å²) in [5.41, 5.74) is 1.14. The van der Waals surface area contributed by atoms with E-state index in [-0.39, 0.29) is 35.8 Å². The van der Waals surface area contributed by atoms with Gasteiger partial charge in [-0.25, -0.2) is 9.97 Å². The minimum absolute atomic E-state index is 0.120. The Labute approximate surface area is 167 Å². The third kappa shape index (κ3) is 4.70. The van der Waals surface area contributed by atoms with Crippen LogP contribution in [0.25, 0.3) is 0 Å². The van der Waals surface area contributed by atoms with Gasteiger partial charge in [0.2, 0.25) is 11.8 Å². The normalized spacial score (nSPS) is 16.6. The van der Waals surface area contributed by atoms with E-state index in [1.54, 1.807) is 11.1 Å². The Kier molecular flexibility index (Phi) is 5.29. The molecule has 0 spiro atoms. The van der Waals surface area contributed by atoms with E-state index in [4.69, 9.17) is 9.15 Å². The van der Waals surface area contributed by atoms with E-state index in [9.17, 15) is 18.0 Å². The second-order valence-corrected chi connectivity index (χ2v) is 6.54. The zero-order valence-corrected chi connectivity index (χ0v) is 15.4. The van der Waals surface area contributed by atoms with Gasteiger partial charge >= 0.3 is 6.36 Å². The van der Waals surface area contributed by atoms with Crippen molar-refractivity contribution in [2.45, 2.75) is 25.3 Å². The molecule has 0 aromatic carbocycles. The molecule has 12 heteroatoms. The number of nitrogens with one attached hydrogen (secondary N) is 1. The van der Waals surface area contributed by atoms with Gasteiger partial charge in [0, 0.05) is 37.0 Å². The molecule has 1 aliphatic rings. The number of nitrogens with zero attached hydrogens (tertiary/aromatic N) is 4. The van der Waals surface area contributed by atoms with E-state index in [1.165, 1.54) is 12.3 Å². The first-order valence-electron chi connectivity index (χ1n) is 8.95. The number of hydrogen-bond acceptors (Lipinski definition) is 7. The van der Waals surface area contributed by atoms with Gasteiger partial charge in [-0.2, -0.15) is 5.10 Å². The topological polar surface area (TPSA) is 106 Å². The van der Waals surface area contributed by atoms with Gasteiger partial charge < -0.3 is 18.8 Å². The van der Waals surface area contributed by atoms with Crippen LogP contribution in [0.5, 0.6) is 11.6 Å². The van der Waals surface area contributed by atoms with E-state index in [0.717, 1.165) is 24.4 Å². The number of aromatic nitrogens is 4. The SMILES string of the molecule is O=C(c1coc(COc2ccc(OC(F)(F)F)nc2)n1)N1CC[C@H](c2ccn[nH]2)C1. The van der Waals surface area contributed by atoms with Crippen molar-refractivity contribution >= 4 is 5.91 Å². The highest BCUT2D eigenvalue weighted by Gasteiger charge is 2.32. The summed E-state index contributed by atoms with van der Waals surface area (Å²) in [4.78, 5) is 21.9. The molecule has 9 nitrogen and oxygen atoms in total. The lowest BCUT2D eigenvalue weighted by Crippen LogP contribution is -2.28. The van der Waals surface area contributed by atoms with Crippen molar-refractivity contribution in [2.24, 2.45) is 0 Å². The van der Waals surface area contributed by atoms with Crippen molar-refractivity contribution in [2.75, 3.05) is 13.1 Å². The molecule has 0 radical (unpaired) electrons. The van der Waals surface area contributed by atoms with Crippen LogP contribution < -0.4 is 9.47 Å². The number of alkyl halides is 3. The molecule has 3 aromatic rings. The second-order valence-electron chi connectivity index (χ2n) is 6.54. The van der Waals surface area contributed by atoms with Crippen molar-refractivity contribution in [1.82, 2.24) is 25.1 Å². The Morgan fingerprint density at radius 2 is 2.20 bits per heavy atom. The summed E-state index contributed by atoms with van der Waals surface area (Å²) < 4.78 is 50.7. The zero-order chi connectivity index (χ0) is 21.1. The van der Waals surface area contributed by atoms with Crippen LogP contribution in [0.1, 0.15) is 34.4 Å². The summed E-state index contributed by atoms with van der Waals surface area (Å²) in [6.45, 7) is 1.03. The van der Waals surface area contributed by atoms with E-state index in [0.29, 0.717) is 13.1 Å². The fourth-order valence-corrected chi connectivity index (χ4v) is 3.11. The van der Waals surface area contributed by atoms with Crippen LogP contribution in [0.2, 0.25) is 0 Å². The van der Waals surface area contributed by atoms with Crippen LogP contribution >= 0.6 is 0 Å². The fraction of sp³-hybridized carbons (Fsp3) is 0.333. The molecule has 0 aliphatic carbocycles. The van der Waals surface area contributed by atoms with Gasteiger partial charge in [0.25, 0.3) is 5.91 Å². The minimum atomic E-state index is -4.82. The molecule has 1 aliphatic heterocycles. The zero-order valence-electron chi connectivity index (χ0n) is 15.4. The predicted octanol–water partition coefficient (Wildman–Crippen LogP) is 2.90. The number of ether oxygens (including phenoxy) is 2. The summed E-state index contributed by atoms with van der Waals surface area (Å²) in [6, 6.07) is 4.18. The van der Waals surface area contributed by atoms with Crippen LogP contribution in [-0.2, 0) is 6.61 Å². The van der Waals surface area contributed by atoms with Gasteiger partial charge in [0.15, 0.2) is 12.3 Å². The third-order valence-electron chi connectivity index (χ3n) is 4.50. The average Bonchev–Trinajstić information content (AvgIpc) is 3.47. The molecule has 1 N–H and O–H groups in total. The van der Waals surface area contributed by atoms with E-state index < -0.39 is 12.2 Å². The van der Waals surface area contributed by atoms with Gasteiger partial charge in [0.05, 0.1) is 6.20 Å². The standard InChI is InChI=1S/C18H16F3N5O4/c19-18(20,21)30-15-2-1-12(7-22-15)28-10-16-24-14(9-29-16)17(27)26-6-4-11(8-26)13-3-5-23-25-13/h1-3,5,7,9,11H,4,6,8,10H2,(H,23,25)/t11-/m0/s1. The Hall–Kier alpha value is -3.57. The highest BCUT2D eigenvalue weighted by Crippen LogP contribution is 2.27. The number of H-pyrrole nitrogens is 1. The number of aromatic amines is 1. The summed E-state index contributed by atoms with van der Waals surface area (Å²) in [5.74, 6) is -0.306. The molecular formula is C18H16F3N5O4. The summed E-state index contributed by atoms with van der Waals surface area (Å²) in [6.07, 6.45) is 0.0159. The molecule has 1 atom stereocenters. The molecule has 158 valence electrons. The van der Waals surface area contributed by atoms with Crippen molar-refractivity contribution in [3.05, 3.63) is 54.1 Å². The smallest absolute Gasteiger partial charge is 0.482 e. The quantitative estimate of drug-likeness (QED) is 0.650. The summed E-state index contributed by atoms with van der Waals surface area (Å²) in [5, 5.41) is 6.85. The molecule has 4 heterocycles. The Morgan fingerprint density at radius 1 is 1.33 bits per heavy atom. The van der Waals surface area contributed by atoms with Gasteiger partial charge in [-0.15, -0.1) is 13.2 Å². The van der Waals surface area contributed by atoms with Crippen molar-refractivity contribution < 1.29 is 31.9 Å². The van der Waals surface area contributed by atoms with Gasteiger partial charge in [-0.3, -0.25) is 9.89 Å². The van der Waals surface area contributed by atoms with Crippen LogP contribution in [-0.4, -0.2) is 50.4 Å². The molecule has 1 saturated heterocycles. The monoisotopic (exact) mass is 423 g/mol. The average molecular weight is 423 g/mol. The number of carbonyl (C=O) groups is 1. The van der Waals surface area contributed by atoms with Crippen LogP contribution in [0.15, 0.2) is 41.3 Å². The third-order valence-corrected chi connectivity index (χ3v) is 4.50. The molecule has 1 fully saturated rings. The Bertz CT molecular complexity index is 988. The number of rotatable bonds is 6. The van der Waals surface area contributed by atoms with Crippen molar-refractivity contribution in [3.8, 4) is 11.6 Å². The highest BCUT2D eigenvalue weighted by atomic mass is 19.4. The van der Waals surface area contributed by atoms with Crippen LogP contribution in [0.4, 0.5) is 13.2 Å². The molecule has 1 amide bonds. The summed E-state index contributed by atoms with van der Waals surface area (Å²) >= 11 is 0. The maximum absolute atomic E-state index is 12.6. The molecule has 0 bridgehead atoms. The number of pyridine rings is 1. The number of likely N-dealkylation sites (tertiary alicyclic amines) is 1. The molecule has 4 rings (SSSR count). The van der Waals surface area contributed by atoms with Crippen molar-refractivity contribution in [3.63, 3.8) is 0 Å². The summed E-state index contributed by atoms with van der Waals surface area (Å²) in [7, 11) is 0. The van der Waals surface area contributed by atoms with E-state index >= 15 is 0 Å². The molecule has 0 unspecified atom stereocenters. The molecule has 30 heavy (non-hydrogen) atoms. The van der Waals surface area contributed by atoms with Gasteiger partial charge in [0.1, 0.15) is 12.0 Å². The number of oxazole rings is 1. The van der Waals surface area contributed by atoms with Crippen molar-refractivity contribution in [1.29, 1.82) is 0 Å². The lowest BCUT2D eigenvalue weighted by atomic mass is 10.1. The maximum atomic E-state index is 12.6. The van der Waals surface area contributed by atoms with E-state index in [1.807, 2.05) is 6.07 Å². The first kappa shape index (κ1) is 19.7. The Balaban J connectivity index is 1.30. The Morgan fingerprint density at radius 3 is 2.90 bits per heavy atom. The van der Waals surface area contributed by atoms with Gasteiger partial charge in [-0.05, 0) is 18.6 Å². The molecular weight excluding hydrogens is 407 g/mol. The predicted molar refractivity (Wildman–Crippen MR) is 93.6 cm³/mol.